The van der Waals surface area contributed by atoms with E-state index in [0.717, 1.165) is 12.1 Å². The van der Waals surface area contributed by atoms with Crippen molar-refractivity contribution in [2.24, 2.45) is 0 Å². The Kier molecular flexibility index (Phi) is 2.82. The molecule has 0 bridgehead atoms. The first-order valence-electron chi connectivity index (χ1n) is 5.99. The summed E-state index contributed by atoms with van der Waals surface area (Å²) < 4.78 is 27.5. The van der Waals surface area contributed by atoms with Crippen molar-refractivity contribution in [3.8, 4) is 0 Å². The van der Waals surface area contributed by atoms with Crippen molar-refractivity contribution < 1.29 is 18.4 Å². The molecule has 0 unspecified atom stereocenters. The number of imide groups is 1. The molecule has 0 fully saturated rings. The molecule has 0 N–H and O–H groups in total. The summed E-state index contributed by atoms with van der Waals surface area (Å²) in [4.78, 5) is 24.9. The minimum atomic E-state index is -0.939. The summed E-state index contributed by atoms with van der Waals surface area (Å²) in [7, 11) is 0. The van der Waals surface area contributed by atoms with Crippen LogP contribution in [0.25, 0.3) is 0 Å². The van der Waals surface area contributed by atoms with Gasteiger partial charge >= 0.3 is 0 Å². The maximum absolute atomic E-state index is 13.8. The smallest absolute Gasteiger partial charge is 0.265 e. The van der Waals surface area contributed by atoms with E-state index >= 15 is 0 Å². The van der Waals surface area contributed by atoms with Crippen molar-refractivity contribution in [1.29, 1.82) is 0 Å². The Morgan fingerprint density at radius 1 is 0.900 bits per heavy atom. The van der Waals surface area contributed by atoms with E-state index in [1.165, 1.54) is 12.1 Å². The Morgan fingerprint density at radius 3 is 2.25 bits per heavy atom. The molecule has 20 heavy (non-hydrogen) atoms. The topological polar surface area (TPSA) is 37.4 Å². The van der Waals surface area contributed by atoms with Crippen LogP contribution in [0.1, 0.15) is 15.9 Å². The van der Waals surface area contributed by atoms with Gasteiger partial charge in [-0.3, -0.25) is 9.59 Å². The second-order valence-corrected chi connectivity index (χ2v) is 4.44. The lowest BCUT2D eigenvalue weighted by Gasteiger charge is -2.27. The van der Waals surface area contributed by atoms with Gasteiger partial charge in [0.25, 0.3) is 5.91 Å². The minimum Gasteiger partial charge on any atom is -0.274 e. The summed E-state index contributed by atoms with van der Waals surface area (Å²) in [5, 5.41) is 0. The van der Waals surface area contributed by atoms with Crippen LogP contribution in [0.4, 0.5) is 14.5 Å². The molecule has 0 saturated heterocycles. The quantitative estimate of drug-likeness (QED) is 0.749. The molecule has 3 rings (SSSR count). The lowest BCUT2D eigenvalue weighted by molar-refractivity contribution is -0.117. The number of amides is 2. The highest BCUT2D eigenvalue weighted by atomic mass is 19.1. The monoisotopic (exact) mass is 273 g/mol. The molecule has 2 aromatic carbocycles. The summed E-state index contributed by atoms with van der Waals surface area (Å²) in [6, 6.07) is 9.75. The van der Waals surface area contributed by atoms with Crippen LogP contribution >= 0.6 is 0 Å². The first kappa shape index (κ1) is 12.5. The first-order valence-corrected chi connectivity index (χ1v) is 5.99. The van der Waals surface area contributed by atoms with Crippen LogP contribution in [0.5, 0.6) is 0 Å². The van der Waals surface area contributed by atoms with E-state index in [4.69, 9.17) is 0 Å². The van der Waals surface area contributed by atoms with Gasteiger partial charge in [-0.15, -0.1) is 0 Å². The fourth-order valence-corrected chi connectivity index (χ4v) is 2.29. The lowest BCUT2D eigenvalue weighted by atomic mass is 9.98. The maximum Gasteiger partial charge on any atom is 0.265 e. The third kappa shape index (κ3) is 1.79. The Labute approximate surface area is 113 Å². The van der Waals surface area contributed by atoms with Gasteiger partial charge in [0, 0.05) is 5.56 Å². The van der Waals surface area contributed by atoms with E-state index in [9.17, 15) is 18.4 Å². The largest absolute Gasteiger partial charge is 0.274 e. The number of para-hydroxylation sites is 1. The summed E-state index contributed by atoms with van der Waals surface area (Å²) in [6.07, 6.45) is -0.0598. The highest BCUT2D eigenvalue weighted by Crippen LogP contribution is 2.29. The van der Waals surface area contributed by atoms with Crippen molar-refractivity contribution in [3.05, 3.63) is 65.2 Å². The van der Waals surface area contributed by atoms with E-state index in [1.807, 2.05) is 0 Å². The highest BCUT2D eigenvalue weighted by Gasteiger charge is 2.34. The number of carbonyl (C=O) groups excluding carboxylic acids is 2. The zero-order valence-corrected chi connectivity index (χ0v) is 10.3. The summed E-state index contributed by atoms with van der Waals surface area (Å²) in [5.41, 5.74) is 0.238. The highest BCUT2D eigenvalue weighted by molar-refractivity contribution is 6.24. The SMILES string of the molecule is O=C1Cc2ccccc2C(=O)N1c1c(F)cccc1F. The second kappa shape index (κ2) is 4.52. The molecule has 0 saturated carbocycles. The number of rotatable bonds is 1. The predicted octanol–water partition coefficient (Wildman–Crippen LogP) is 2.69. The van der Waals surface area contributed by atoms with Crippen molar-refractivity contribution in [1.82, 2.24) is 0 Å². The number of anilines is 1. The fraction of sp³-hybridized carbons (Fsp3) is 0.0667. The van der Waals surface area contributed by atoms with Gasteiger partial charge in [-0.05, 0) is 23.8 Å². The van der Waals surface area contributed by atoms with Crippen molar-refractivity contribution in [3.63, 3.8) is 0 Å². The van der Waals surface area contributed by atoms with Gasteiger partial charge in [0.2, 0.25) is 5.91 Å². The van der Waals surface area contributed by atoms with Gasteiger partial charge in [0.1, 0.15) is 17.3 Å². The van der Waals surface area contributed by atoms with Gasteiger partial charge in [-0.2, -0.15) is 0 Å². The normalized spacial score (nSPS) is 14.4. The van der Waals surface area contributed by atoms with Crippen molar-refractivity contribution in [2.45, 2.75) is 6.42 Å². The first-order chi connectivity index (χ1) is 9.59. The van der Waals surface area contributed by atoms with E-state index in [0.29, 0.717) is 10.5 Å². The van der Waals surface area contributed by atoms with E-state index in [2.05, 4.69) is 0 Å². The van der Waals surface area contributed by atoms with E-state index in [1.54, 1.807) is 18.2 Å². The number of hydrogen-bond acceptors (Lipinski definition) is 2. The number of fused-ring (bicyclic) bond motifs is 1. The van der Waals surface area contributed by atoms with Gasteiger partial charge in [0.05, 0.1) is 6.42 Å². The average molecular weight is 273 g/mol. The molecule has 1 aliphatic heterocycles. The molecule has 0 aromatic heterocycles. The summed E-state index contributed by atoms with van der Waals surface area (Å²) in [6.45, 7) is 0. The van der Waals surface area contributed by atoms with E-state index in [-0.39, 0.29) is 12.0 Å². The molecule has 2 amide bonds. The number of benzene rings is 2. The number of hydrogen-bond donors (Lipinski definition) is 0. The maximum atomic E-state index is 13.8. The van der Waals surface area contributed by atoms with Crippen LogP contribution in [-0.4, -0.2) is 11.8 Å². The Hall–Kier alpha value is -2.56. The van der Waals surface area contributed by atoms with Crippen LogP contribution in [0, 0.1) is 11.6 Å². The predicted molar refractivity (Wildman–Crippen MR) is 68.3 cm³/mol. The van der Waals surface area contributed by atoms with Crippen LogP contribution in [0.3, 0.4) is 0 Å². The molecular weight excluding hydrogens is 264 g/mol. The Bertz CT molecular complexity index is 707. The lowest BCUT2D eigenvalue weighted by Crippen LogP contribution is -2.43. The number of carbonyl (C=O) groups is 2. The molecule has 5 heteroatoms. The van der Waals surface area contributed by atoms with Crippen LogP contribution in [0.2, 0.25) is 0 Å². The van der Waals surface area contributed by atoms with Gasteiger partial charge in [-0.1, -0.05) is 24.3 Å². The van der Waals surface area contributed by atoms with Crippen molar-refractivity contribution >= 4 is 17.5 Å². The Morgan fingerprint density at radius 2 is 1.55 bits per heavy atom. The van der Waals surface area contributed by atoms with E-state index < -0.39 is 29.1 Å². The molecule has 3 nitrogen and oxygen atoms in total. The molecule has 0 radical (unpaired) electrons. The third-order valence-electron chi connectivity index (χ3n) is 3.20. The fourth-order valence-electron chi connectivity index (χ4n) is 2.29. The molecule has 0 atom stereocenters. The molecular formula is C15H9F2NO2. The van der Waals surface area contributed by atoms with Gasteiger partial charge in [-0.25, -0.2) is 13.7 Å². The van der Waals surface area contributed by atoms with Crippen LogP contribution < -0.4 is 4.90 Å². The molecule has 1 aliphatic rings. The van der Waals surface area contributed by atoms with Crippen LogP contribution in [-0.2, 0) is 11.2 Å². The minimum absolute atomic E-state index is 0.0598. The molecule has 0 aliphatic carbocycles. The Balaban J connectivity index is 2.17. The summed E-state index contributed by atoms with van der Waals surface area (Å²) >= 11 is 0. The molecule has 0 spiro atoms. The van der Waals surface area contributed by atoms with Gasteiger partial charge < -0.3 is 0 Å². The molecule has 1 heterocycles. The average Bonchev–Trinajstić information content (AvgIpc) is 2.42. The standard InChI is InChI=1S/C15H9F2NO2/c16-11-6-3-7-12(17)14(11)18-13(19)8-9-4-1-2-5-10(9)15(18)20/h1-7H,8H2. The zero-order valence-electron chi connectivity index (χ0n) is 10.3. The second-order valence-electron chi connectivity index (χ2n) is 4.44. The zero-order chi connectivity index (χ0) is 14.3. The summed E-state index contributed by atoms with van der Waals surface area (Å²) in [5.74, 6) is -3.23. The number of nitrogens with zero attached hydrogens (tertiary/aromatic N) is 1. The third-order valence-corrected chi connectivity index (χ3v) is 3.20. The molecule has 100 valence electrons. The number of halogens is 2. The molecule has 2 aromatic rings. The van der Waals surface area contributed by atoms with Crippen molar-refractivity contribution in [2.75, 3.05) is 4.90 Å². The van der Waals surface area contributed by atoms with Gasteiger partial charge in [0.15, 0.2) is 0 Å². The van der Waals surface area contributed by atoms with Crippen LogP contribution in [0.15, 0.2) is 42.5 Å².